The maximum atomic E-state index is 6.51. The van der Waals surface area contributed by atoms with E-state index in [2.05, 4.69) is 101 Å². The van der Waals surface area contributed by atoms with Gasteiger partial charge in [-0.05, 0) is 35.7 Å². The summed E-state index contributed by atoms with van der Waals surface area (Å²) in [4.78, 5) is 0. The van der Waals surface area contributed by atoms with Gasteiger partial charge in [0.05, 0.1) is 12.7 Å². The van der Waals surface area contributed by atoms with Crippen molar-refractivity contribution >= 4 is 8.32 Å². The molecule has 28 heavy (non-hydrogen) atoms. The fourth-order valence-corrected chi connectivity index (χ4v) is 4.94. The summed E-state index contributed by atoms with van der Waals surface area (Å²) in [7, 11) is -1.74. The topological polar surface area (TPSA) is 18.5 Å². The predicted molar refractivity (Wildman–Crippen MR) is 120 cm³/mol. The highest BCUT2D eigenvalue weighted by Gasteiger charge is 2.45. The molecule has 2 atom stereocenters. The molecule has 0 radical (unpaired) electrons. The molecule has 2 aromatic rings. The number of benzene rings is 2. The molecule has 0 saturated carbocycles. The van der Waals surface area contributed by atoms with Crippen molar-refractivity contribution in [2.45, 2.75) is 63.8 Å². The fraction of sp³-hybridized carbons (Fsp3) is 0.520. The minimum Gasteiger partial charge on any atom is -0.416 e. The molecule has 0 aliphatic carbocycles. The lowest BCUT2D eigenvalue weighted by Gasteiger charge is -2.37. The molecular weight excluding hydrogens is 360 g/mol. The van der Waals surface area contributed by atoms with Gasteiger partial charge in [0, 0.05) is 17.9 Å². The van der Waals surface area contributed by atoms with Crippen molar-refractivity contribution in [3.63, 3.8) is 0 Å². The Morgan fingerprint density at radius 2 is 1.50 bits per heavy atom. The third-order valence-corrected chi connectivity index (χ3v) is 11.4. The number of ether oxygens (including phenoxy) is 1. The van der Waals surface area contributed by atoms with E-state index in [1.807, 2.05) is 0 Å². The van der Waals surface area contributed by atoms with Gasteiger partial charge in [-0.15, -0.1) is 0 Å². The molecule has 1 aliphatic heterocycles. The average Bonchev–Trinajstić information content (AvgIpc) is 3.13. The summed E-state index contributed by atoms with van der Waals surface area (Å²) in [5, 5.41) is 0.237. The number of hydrogen-bond donors (Lipinski definition) is 0. The first-order valence-electron chi connectivity index (χ1n) is 10.5. The maximum absolute atomic E-state index is 6.51. The van der Waals surface area contributed by atoms with Gasteiger partial charge in [0.25, 0.3) is 0 Å². The minimum absolute atomic E-state index is 0.0710. The molecule has 0 spiro atoms. The zero-order valence-corrected chi connectivity index (χ0v) is 19.4. The van der Waals surface area contributed by atoms with E-state index in [0.717, 1.165) is 19.6 Å². The standard InChI is InChI=1S/C25H36O2Si/c1-20(18-27-28(5,6)24(2,3)4)23-17-25(19-26-23,21-13-9-7-10-14-21)22-15-11-8-12-16-22/h7-16,20,23H,17-19H2,1-6H3. The predicted octanol–water partition coefficient (Wildman–Crippen LogP) is 6.42. The SMILES string of the molecule is CC(CO[Si](C)(C)C(C)(C)C)C1CC(c2ccccc2)(c2ccccc2)CO1. The Kier molecular flexibility index (Phi) is 6.19. The van der Waals surface area contributed by atoms with Crippen molar-refractivity contribution in [2.24, 2.45) is 5.92 Å². The third-order valence-electron chi connectivity index (χ3n) is 6.89. The molecule has 2 aromatic carbocycles. The Hall–Kier alpha value is -1.42. The molecule has 1 fully saturated rings. The lowest BCUT2D eigenvalue weighted by molar-refractivity contribution is 0.0451. The van der Waals surface area contributed by atoms with Crippen LogP contribution in [0, 0.1) is 5.92 Å². The number of rotatable bonds is 6. The normalized spacial score (nSPS) is 20.9. The molecule has 3 rings (SSSR count). The molecule has 0 N–H and O–H groups in total. The molecule has 0 aromatic heterocycles. The molecule has 1 heterocycles. The van der Waals surface area contributed by atoms with Crippen molar-refractivity contribution in [1.82, 2.24) is 0 Å². The van der Waals surface area contributed by atoms with Gasteiger partial charge in [0.1, 0.15) is 0 Å². The van der Waals surface area contributed by atoms with Gasteiger partial charge in [0.2, 0.25) is 0 Å². The Balaban J connectivity index is 1.78. The summed E-state index contributed by atoms with van der Waals surface area (Å²) < 4.78 is 12.9. The summed E-state index contributed by atoms with van der Waals surface area (Å²) in [6, 6.07) is 21.7. The molecule has 0 amide bonds. The van der Waals surface area contributed by atoms with Gasteiger partial charge in [-0.2, -0.15) is 0 Å². The van der Waals surface area contributed by atoms with Crippen molar-refractivity contribution in [3.05, 3.63) is 71.8 Å². The van der Waals surface area contributed by atoms with Crippen LogP contribution in [0.1, 0.15) is 45.2 Å². The highest BCUT2D eigenvalue weighted by molar-refractivity contribution is 6.74. The zero-order valence-electron chi connectivity index (χ0n) is 18.4. The first-order chi connectivity index (χ1) is 13.2. The Bertz CT molecular complexity index is 710. The largest absolute Gasteiger partial charge is 0.416 e. The lowest BCUT2D eigenvalue weighted by Crippen LogP contribution is -2.42. The van der Waals surface area contributed by atoms with Gasteiger partial charge in [-0.25, -0.2) is 0 Å². The summed E-state index contributed by atoms with van der Waals surface area (Å²) >= 11 is 0. The van der Waals surface area contributed by atoms with E-state index in [1.54, 1.807) is 0 Å². The summed E-state index contributed by atoms with van der Waals surface area (Å²) in [6.07, 6.45) is 1.22. The van der Waals surface area contributed by atoms with Crippen LogP contribution >= 0.6 is 0 Å². The Morgan fingerprint density at radius 3 is 1.96 bits per heavy atom. The Labute approximate surface area is 172 Å². The molecule has 2 unspecified atom stereocenters. The van der Waals surface area contributed by atoms with Gasteiger partial charge in [-0.1, -0.05) is 88.4 Å². The van der Waals surface area contributed by atoms with E-state index in [9.17, 15) is 0 Å². The molecule has 152 valence electrons. The van der Waals surface area contributed by atoms with E-state index in [-0.39, 0.29) is 16.6 Å². The highest BCUT2D eigenvalue weighted by atomic mass is 28.4. The summed E-state index contributed by atoms with van der Waals surface area (Å²) in [5.41, 5.74) is 2.63. The Morgan fingerprint density at radius 1 is 1.00 bits per heavy atom. The van der Waals surface area contributed by atoms with Gasteiger partial charge >= 0.3 is 0 Å². The van der Waals surface area contributed by atoms with Crippen LogP contribution in [0.5, 0.6) is 0 Å². The van der Waals surface area contributed by atoms with E-state index >= 15 is 0 Å². The first kappa shape index (κ1) is 21.3. The molecule has 0 bridgehead atoms. The van der Waals surface area contributed by atoms with Crippen LogP contribution in [0.25, 0.3) is 0 Å². The monoisotopic (exact) mass is 396 g/mol. The van der Waals surface area contributed by atoms with Crippen molar-refractivity contribution in [2.75, 3.05) is 13.2 Å². The summed E-state index contributed by atoms with van der Waals surface area (Å²) in [5.74, 6) is 0.378. The second-order valence-corrected chi connectivity index (χ2v) is 14.7. The zero-order chi connectivity index (χ0) is 20.4. The van der Waals surface area contributed by atoms with Crippen LogP contribution in [0.4, 0.5) is 0 Å². The molecule has 2 nitrogen and oxygen atoms in total. The van der Waals surface area contributed by atoms with Crippen molar-refractivity contribution in [3.8, 4) is 0 Å². The molecule has 1 aliphatic rings. The summed E-state index contributed by atoms with van der Waals surface area (Å²) in [6.45, 7) is 15.3. The molecule has 1 saturated heterocycles. The molecule has 3 heteroatoms. The van der Waals surface area contributed by atoms with Gasteiger partial charge in [-0.3, -0.25) is 0 Å². The minimum atomic E-state index is -1.74. The lowest BCUT2D eigenvalue weighted by atomic mass is 9.72. The maximum Gasteiger partial charge on any atom is 0.191 e. The third kappa shape index (κ3) is 4.27. The van der Waals surface area contributed by atoms with E-state index in [1.165, 1.54) is 11.1 Å². The van der Waals surface area contributed by atoms with E-state index in [4.69, 9.17) is 9.16 Å². The second kappa shape index (κ2) is 8.14. The first-order valence-corrected chi connectivity index (χ1v) is 13.4. The van der Waals surface area contributed by atoms with Gasteiger partial charge < -0.3 is 9.16 Å². The quantitative estimate of drug-likeness (QED) is 0.525. The van der Waals surface area contributed by atoms with Crippen LogP contribution in [-0.2, 0) is 14.6 Å². The fourth-order valence-electron chi connectivity index (χ4n) is 3.82. The average molecular weight is 397 g/mol. The number of hydrogen-bond acceptors (Lipinski definition) is 2. The van der Waals surface area contributed by atoms with Crippen LogP contribution in [-0.4, -0.2) is 27.6 Å². The van der Waals surface area contributed by atoms with Crippen molar-refractivity contribution < 1.29 is 9.16 Å². The van der Waals surface area contributed by atoms with Crippen LogP contribution in [0.3, 0.4) is 0 Å². The van der Waals surface area contributed by atoms with Crippen LogP contribution in [0.15, 0.2) is 60.7 Å². The smallest absolute Gasteiger partial charge is 0.191 e. The van der Waals surface area contributed by atoms with E-state index < -0.39 is 8.32 Å². The second-order valence-electron chi connectivity index (χ2n) is 9.92. The molecular formula is C25H36O2Si. The van der Waals surface area contributed by atoms with Crippen LogP contribution in [0.2, 0.25) is 18.1 Å². The van der Waals surface area contributed by atoms with Crippen molar-refractivity contribution in [1.29, 1.82) is 0 Å². The van der Waals surface area contributed by atoms with Gasteiger partial charge in [0.15, 0.2) is 8.32 Å². The highest BCUT2D eigenvalue weighted by Crippen LogP contribution is 2.44. The van der Waals surface area contributed by atoms with Crippen LogP contribution < -0.4 is 0 Å². The van der Waals surface area contributed by atoms with E-state index in [0.29, 0.717) is 5.92 Å².